The largest absolute Gasteiger partial charge is 0.472 e. The van der Waals surface area contributed by atoms with E-state index in [0.29, 0.717) is 6.42 Å². The summed E-state index contributed by atoms with van der Waals surface area (Å²) in [7, 11) is -5.07. The zero-order valence-electron chi connectivity index (χ0n) is 27.2. The van der Waals surface area contributed by atoms with Gasteiger partial charge in [-0.1, -0.05) is 110 Å². The minimum absolute atomic E-state index is 0.0519. The van der Waals surface area contributed by atoms with E-state index < -0.39 is 75.7 Å². The Labute approximate surface area is 268 Å². The Bertz CT molecular complexity index is 828. The van der Waals surface area contributed by atoms with E-state index in [1.54, 1.807) is 6.92 Å². The molecule has 6 unspecified atom stereocenters. The van der Waals surface area contributed by atoms with Crippen LogP contribution in [0, 0.1) is 0 Å². The van der Waals surface area contributed by atoms with Crippen molar-refractivity contribution in [2.75, 3.05) is 13.2 Å². The number of hydrogen-bond donors (Lipinski definition) is 6. The van der Waals surface area contributed by atoms with Crippen molar-refractivity contribution in [1.82, 2.24) is 0 Å². The van der Waals surface area contributed by atoms with E-state index in [4.69, 9.17) is 18.5 Å². The molecule has 0 aliphatic heterocycles. The van der Waals surface area contributed by atoms with Crippen LogP contribution >= 0.6 is 7.82 Å². The maximum atomic E-state index is 12.5. The average molecular weight is 671 g/mol. The number of phosphoric acid groups is 1. The van der Waals surface area contributed by atoms with E-state index in [9.17, 15) is 44.6 Å². The molecule has 1 aliphatic rings. The first-order chi connectivity index (χ1) is 21.4. The van der Waals surface area contributed by atoms with Crippen molar-refractivity contribution in [2.45, 2.75) is 172 Å². The lowest BCUT2D eigenvalue weighted by Crippen LogP contribution is -2.64. The number of esters is 2. The summed E-state index contributed by atoms with van der Waals surface area (Å²) < 4.78 is 32.4. The maximum Gasteiger partial charge on any atom is 0.472 e. The van der Waals surface area contributed by atoms with Gasteiger partial charge < -0.3 is 39.9 Å². The second kappa shape index (κ2) is 24.1. The van der Waals surface area contributed by atoms with Crippen molar-refractivity contribution in [3.63, 3.8) is 0 Å². The van der Waals surface area contributed by atoms with Gasteiger partial charge in [-0.2, -0.15) is 0 Å². The Morgan fingerprint density at radius 2 is 1.04 bits per heavy atom. The van der Waals surface area contributed by atoms with Gasteiger partial charge in [0, 0.05) is 12.8 Å². The lowest BCUT2D eigenvalue weighted by atomic mass is 9.85. The number of carbonyl (C=O) groups is 2. The number of aliphatic hydroxyl groups excluding tert-OH is 5. The highest BCUT2D eigenvalue weighted by Crippen LogP contribution is 2.47. The Morgan fingerprint density at radius 1 is 0.622 bits per heavy atom. The molecule has 0 aromatic heterocycles. The van der Waals surface area contributed by atoms with E-state index in [-0.39, 0.29) is 12.8 Å². The lowest BCUT2D eigenvalue weighted by molar-refractivity contribution is -0.220. The number of rotatable bonds is 26. The number of aliphatic hydroxyl groups is 5. The fourth-order valence-electron chi connectivity index (χ4n) is 5.15. The van der Waals surface area contributed by atoms with Gasteiger partial charge in [0.1, 0.15) is 43.2 Å². The van der Waals surface area contributed by atoms with Crippen molar-refractivity contribution in [1.29, 1.82) is 0 Å². The second-order valence-electron chi connectivity index (χ2n) is 12.0. The molecule has 266 valence electrons. The van der Waals surface area contributed by atoms with Crippen molar-refractivity contribution in [3.05, 3.63) is 0 Å². The summed E-state index contributed by atoms with van der Waals surface area (Å²) in [6, 6.07) is 0. The molecule has 0 aromatic rings. The number of ether oxygens (including phenoxy) is 2. The highest BCUT2D eigenvalue weighted by molar-refractivity contribution is 7.47. The van der Waals surface area contributed by atoms with Crippen LogP contribution in [0.2, 0.25) is 0 Å². The topological polar surface area (TPSA) is 210 Å². The van der Waals surface area contributed by atoms with Gasteiger partial charge in [0.25, 0.3) is 0 Å². The summed E-state index contributed by atoms with van der Waals surface area (Å²) in [6.07, 6.45) is 6.19. The first-order valence-electron chi connectivity index (χ1n) is 16.8. The predicted octanol–water partition coefficient (Wildman–Crippen LogP) is 3.82. The minimum Gasteiger partial charge on any atom is -0.462 e. The molecule has 0 saturated heterocycles. The number of carbonyl (C=O) groups excluding carboxylic acids is 2. The van der Waals surface area contributed by atoms with Gasteiger partial charge in [-0.15, -0.1) is 0 Å². The SMILES string of the molecule is CCCCCCCCCCCCCCCCCCC(=O)OC(COC(=O)CC)COP(=O)(O)OC1C(O)C(O)C(O)C(O)C1O. The van der Waals surface area contributed by atoms with Gasteiger partial charge in [-0.3, -0.25) is 18.6 Å². The molecule has 1 rings (SSSR count). The fraction of sp³-hybridized carbons (Fsp3) is 0.935. The molecule has 0 amide bonds. The molecule has 1 aliphatic carbocycles. The van der Waals surface area contributed by atoms with Gasteiger partial charge in [-0.05, 0) is 6.42 Å². The Morgan fingerprint density at radius 3 is 1.49 bits per heavy atom. The molecule has 6 atom stereocenters. The summed E-state index contributed by atoms with van der Waals surface area (Å²) in [5, 5.41) is 49.3. The van der Waals surface area contributed by atoms with Crippen LogP contribution in [0.5, 0.6) is 0 Å². The normalized spacial score (nSPS) is 25.4. The lowest BCUT2D eigenvalue weighted by Gasteiger charge is -2.41. The average Bonchev–Trinajstić information content (AvgIpc) is 3.02. The quantitative estimate of drug-likeness (QED) is 0.0440. The molecule has 1 fully saturated rings. The Hall–Kier alpha value is -1.15. The van der Waals surface area contributed by atoms with Crippen LogP contribution in [0.4, 0.5) is 0 Å². The zero-order chi connectivity index (χ0) is 33.7. The van der Waals surface area contributed by atoms with Gasteiger partial charge in [-0.25, -0.2) is 4.57 Å². The number of unbranched alkanes of at least 4 members (excludes halogenated alkanes) is 15. The van der Waals surface area contributed by atoms with E-state index in [1.807, 2.05) is 0 Å². The summed E-state index contributed by atoms with van der Waals surface area (Å²) in [6.45, 7) is 2.62. The summed E-state index contributed by atoms with van der Waals surface area (Å²) in [5.41, 5.74) is 0. The van der Waals surface area contributed by atoms with Crippen LogP contribution in [0.3, 0.4) is 0 Å². The van der Waals surface area contributed by atoms with Crippen LogP contribution in [-0.2, 0) is 32.7 Å². The van der Waals surface area contributed by atoms with Gasteiger partial charge >= 0.3 is 19.8 Å². The van der Waals surface area contributed by atoms with Crippen LogP contribution < -0.4 is 0 Å². The first-order valence-corrected chi connectivity index (χ1v) is 18.3. The smallest absolute Gasteiger partial charge is 0.462 e. The fourth-order valence-corrected chi connectivity index (χ4v) is 6.12. The summed E-state index contributed by atoms with van der Waals surface area (Å²) in [5.74, 6) is -1.19. The molecular formula is C31H59O13P. The third kappa shape index (κ3) is 18.1. The molecule has 1 saturated carbocycles. The molecule has 14 heteroatoms. The van der Waals surface area contributed by atoms with Crippen LogP contribution in [0.25, 0.3) is 0 Å². The van der Waals surface area contributed by atoms with E-state index in [0.717, 1.165) is 19.3 Å². The zero-order valence-corrected chi connectivity index (χ0v) is 28.1. The molecule has 0 spiro atoms. The first kappa shape index (κ1) is 41.9. The molecule has 0 heterocycles. The minimum atomic E-state index is -5.07. The predicted molar refractivity (Wildman–Crippen MR) is 166 cm³/mol. The van der Waals surface area contributed by atoms with E-state index in [1.165, 1.54) is 77.0 Å². The standard InChI is InChI=1S/C31H59O13P/c1-3-5-6-7-8-9-10-11-12-13-14-15-16-17-18-19-20-25(33)43-23(21-41-24(32)4-2)22-42-45(39,40)44-31-29(37)27(35)26(34)28(36)30(31)38/h23,26-31,34-38H,3-22H2,1-2H3,(H,39,40). The van der Waals surface area contributed by atoms with Crippen molar-refractivity contribution in [3.8, 4) is 0 Å². The van der Waals surface area contributed by atoms with Crippen molar-refractivity contribution < 1.29 is 63.1 Å². The number of phosphoric ester groups is 1. The van der Waals surface area contributed by atoms with Crippen LogP contribution in [0.15, 0.2) is 0 Å². The van der Waals surface area contributed by atoms with E-state index in [2.05, 4.69) is 6.92 Å². The van der Waals surface area contributed by atoms with Gasteiger partial charge in [0.15, 0.2) is 6.10 Å². The highest BCUT2D eigenvalue weighted by atomic mass is 31.2. The third-order valence-electron chi connectivity index (χ3n) is 8.00. The van der Waals surface area contributed by atoms with Crippen LogP contribution in [-0.4, -0.2) is 98.3 Å². The Balaban J connectivity index is 2.33. The maximum absolute atomic E-state index is 12.5. The van der Waals surface area contributed by atoms with Crippen molar-refractivity contribution >= 4 is 19.8 Å². The molecule has 45 heavy (non-hydrogen) atoms. The molecule has 0 radical (unpaired) electrons. The molecule has 6 N–H and O–H groups in total. The number of hydrogen-bond acceptors (Lipinski definition) is 12. The monoisotopic (exact) mass is 670 g/mol. The Kier molecular flexibility index (Phi) is 22.4. The molecular weight excluding hydrogens is 611 g/mol. The molecule has 0 aromatic carbocycles. The molecule has 13 nitrogen and oxygen atoms in total. The van der Waals surface area contributed by atoms with Crippen molar-refractivity contribution in [2.24, 2.45) is 0 Å². The third-order valence-corrected chi connectivity index (χ3v) is 8.99. The highest BCUT2D eigenvalue weighted by Gasteiger charge is 2.51. The van der Waals surface area contributed by atoms with Gasteiger partial charge in [0.2, 0.25) is 0 Å². The van der Waals surface area contributed by atoms with Gasteiger partial charge in [0.05, 0.1) is 6.61 Å². The molecule has 0 bridgehead atoms. The second-order valence-corrected chi connectivity index (χ2v) is 13.4. The van der Waals surface area contributed by atoms with Crippen LogP contribution in [0.1, 0.15) is 129 Å². The summed E-state index contributed by atoms with van der Waals surface area (Å²) in [4.78, 5) is 34.1. The summed E-state index contributed by atoms with van der Waals surface area (Å²) >= 11 is 0. The van der Waals surface area contributed by atoms with E-state index >= 15 is 0 Å².